The van der Waals surface area contributed by atoms with E-state index in [9.17, 15) is 4.79 Å². The SMILES string of the molecule is Cc1nnc(CNCC(N)=O)o1. The number of carbonyl (C=O) groups excluding carboxylic acids is 1. The molecule has 1 aromatic rings. The highest BCUT2D eigenvalue weighted by molar-refractivity contribution is 5.75. The van der Waals surface area contributed by atoms with Gasteiger partial charge in [-0.25, -0.2) is 0 Å². The molecular formula is C6H10N4O2. The molecule has 0 spiro atoms. The minimum atomic E-state index is -0.411. The zero-order valence-electron chi connectivity index (χ0n) is 6.70. The predicted octanol–water partition coefficient (Wildman–Crippen LogP) is -1.05. The Balaban J connectivity index is 2.29. The van der Waals surface area contributed by atoms with Gasteiger partial charge in [-0.3, -0.25) is 10.1 Å². The molecule has 6 nitrogen and oxygen atoms in total. The molecule has 0 aliphatic carbocycles. The first-order valence-corrected chi connectivity index (χ1v) is 3.46. The van der Waals surface area contributed by atoms with E-state index in [1.54, 1.807) is 6.92 Å². The fraction of sp³-hybridized carbons (Fsp3) is 0.500. The van der Waals surface area contributed by atoms with E-state index >= 15 is 0 Å². The number of primary amides is 1. The maximum atomic E-state index is 10.3. The van der Waals surface area contributed by atoms with Crippen molar-refractivity contribution in [3.63, 3.8) is 0 Å². The van der Waals surface area contributed by atoms with Gasteiger partial charge < -0.3 is 10.2 Å². The van der Waals surface area contributed by atoms with Gasteiger partial charge in [-0.1, -0.05) is 0 Å². The summed E-state index contributed by atoms with van der Waals surface area (Å²) < 4.78 is 5.03. The molecule has 0 atom stereocenters. The maximum Gasteiger partial charge on any atom is 0.231 e. The van der Waals surface area contributed by atoms with Crippen molar-refractivity contribution in [2.75, 3.05) is 6.54 Å². The van der Waals surface area contributed by atoms with Crippen LogP contribution in [0.3, 0.4) is 0 Å². The van der Waals surface area contributed by atoms with Crippen LogP contribution in [-0.4, -0.2) is 22.6 Å². The Morgan fingerprint density at radius 2 is 2.42 bits per heavy atom. The Kier molecular flexibility index (Phi) is 2.76. The van der Waals surface area contributed by atoms with Crippen molar-refractivity contribution in [3.8, 4) is 0 Å². The smallest absolute Gasteiger partial charge is 0.231 e. The Hall–Kier alpha value is -1.43. The number of amides is 1. The molecule has 0 radical (unpaired) electrons. The highest BCUT2D eigenvalue weighted by Gasteiger charge is 2.01. The van der Waals surface area contributed by atoms with E-state index in [1.165, 1.54) is 0 Å². The van der Waals surface area contributed by atoms with Crippen molar-refractivity contribution in [2.45, 2.75) is 13.5 Å². The second-order valence-corrected chi connectivity index (χ2v) is 2.28. The molecule has 66 valence electrons. The first kappa shape index (κ1) is 8.66. The van der Waals surface area contributed by atoms with Crippen LogP contribution in [0.1, 0.15) is 11.8 Å². The van der Waals surface area contributed by atoms with Crippen LogP contribution in [0.15, 0.2) is 4.42 Å². The van der Waals surface area contributed by atoms with Crippen molar-refractivity contribution >= 4 is 5.91 Å². The number of nitrogens with zero attached hydrogens (tertiary/aromatic N) is 2. The standard InChI is InChI=1S/C6H10N4O2/c1-4-9-10-6(12-4)3-8-2-5(7)11/h8H,2-3H2,1H3,(H2,7,11). The molecule has 0 aliphatic rings. The molecule has 0 saturated carbocycles. The average Bonchev–Trinajstić information content (AvgIpc) is 2.35. The summed E-state index contributed by atoms with van der Waals surface area (Å²) in [6.45, 7) is 2.18. The number of aromatic nitrogens is 2. The van der Waals surface area contributed by atoms with Gasteiger partial charge in [0.15, 0.2) is 0 Å². The van der Waals surface area contributed by atoms with E-state index in [-0.39, 0.29) is 6.54 Å². The van der Waals surface area contributed by atoms with Gasteiger partial charge >= 0.3 is 0 Å². The summed E-state index contributed by atoms with van der Waals surface area (Å²) in [6, 6.07) is 0. The first-order valence-electron chi connectivity index (χ1n) is 3.46. The summed E-state index contributed by atoms with van der Waals surface area (Å²) in [6.07, 6.45) is 0. The van der Waals surface area contributed by atoms with Gasteiger partial charge in [0, 0.05) is 6.92 Å². The largest absolute Gasteiger partial charge is 0.424 e. The molecule has 3 N–H and O–H groups in total. The minimum absolute atomic E-state index is 0.113. The molecule has 0 saturated heterocycles. The Bertz CT molecular complexity index is 270. The van der Waals surface area contributed by atoms with Gasteiger partial charge in [-0.2, -0.15) is 0 Å². The predicted molar refractivity (Wildman–Crippen MR) is 39.9 cm³/mol. The van der Waals surface area contributed by atoms with Crippen molar-refractivity contribution in [1.29, 1.82) is 0 Å². The molecular weight excluding hydrogens is 160 g/mol. The van der Waals surface area contributed by atoms with E-state index < -0.39 is 5.91 Å². The summed E-state index contributed by atoms with van der Waals surface area (Å²) in [7, 11) is 0. The lowest BCUT2D eigenvalue weighted by atomic mass is 10.5. The number of rotatable bonds is 4. The van der Waals surface area contributed by atoms with E-state index in [2.05, 4.69) is 15.5 Å². The highest BCUT2D eigenvalue weighted by Crippen LogP contribution is 1.95. The lowest BCUT2D eigenvalue weighted by Gasteiger charge is -1.95. The summed E-state index contributed by atoms with van der Waals surface area (Å²) in [5.41, 5.74) is 4.89. The normalized spacial score (nSPS) is 10.1. The molecule has 1 heterocycles. The molecule has 12 heavy (non-hydrogen) atoms. The first-order chi connectivity index (χ1) is 5.68. The summed E-state index contributed by atoms with van der Waals surface area (Å²) >= 11 is 0. The lowest BCUT2D eigenvalue weighted by molar-refractivity contribution is -0.117. The van der Waals surface area contributed by atoms with Gasteiger partial charge in [0.1, 0.15) is 0 Å². The van der Waals surface area contributed by atoms with Crippen molar-refractivity contribution in [1.82, 2.24) is 15.5 Å². The molecule has 0 aromatic carbocycles. The lowest BCUT2D eigenvalue weighted by Crippen LogP contribution is -2.28. The van der Waals surface area contributed by atoms with Crippen LogP contribution in [0.4, 0.5) is 0 Å². The van der Waals surface area contributed by atoms with Crippen LogP contribution in [0.25, 0.3) is 0 Å². The number of hydrogen-bond donors (Lipinski definition) is 2. The monoisotopic (exact) mass is 170 g/mol. The van der Waals surface area contributed by atoms with Gasteiger partial charge in [-0.05, 0) is 0 Å². The van der Waals surface area contributed by atoms with Crippen molar-refractivity contribution < 1.29 is 9.21 Å². The van der Waals surface area contributed by atoms with Gasteiger partial charge in [-0.15, -0.1) is 10.2 Å². The third-order valence-corrected chi connectivity index (χ3v) is 1.14. The van der Waals surface area contributed by atoms with Crippen LogP contribution in [0.5, 0.6) is 0 Å². The summed E-state index contributed by atoms with van der Waals surface area (Å²) in [4.78, 5) is 10.3. The fourth-order valence-corrected chi connectivity index (χ4v) is 0.702. The average molecular weight is 170 g/mol. The maximum absolute atomic E-state index is 10.3. The number of aryl methyl sites for hydroxylation is 1. The number of carbonyl (C=O) groups is 1. The molecule has 1 aromatic heterocycles. The van der Waals surface area contributed by atoms with E-state index in [4.69, 9.17) is 10.2 Å². The quantitative estimate of drug-likeness (QED) is 0.601. The highest BCUT2D eigenvalue weighted by atomic mass is 16.4. The van der Waals surface area contributed by atoms with Crippen molar-refractivity contribution in [2.24, 2.45) is 5.73 Å². The molecule has 1 rings (SSSR count). The van der Waals surface area contributed by atoms with Crippen LogP contribution in [0.2, 0.25) is 0 Å². The van der Waals surface area contributed by atoms with Gasteiger partial charge in [0.05, 0.1) is 13.1 Å². The summed E-state index contributed by atoms with van der Waals surface area (Å²) in [5.74, 6) is 0.547. The van der Waals surface area contributed by atoms with E-state index in [0.29, 0.717) is 18.3 Å². The third-order valence-electron chi connectivity index (χ3n) is 1.14. The summed E-state index contributed by atoms with van der Waals surface area (Å²) in [5, 5.41) is 10.1. The van der Waals surface area contributed by atoms with Crippen molar-refractivity contribution in [3.05, 3.63) is 11.8 Å². The van der Waals surface area contributed by atoms with E-state index in [1.807, 2.05) is 0 Å². The second-order valence-electron chi connectivity index (χ2n) is 2.28. The molecule has 6 heteroatoms. The zero-order valence-corrected chi connectivity index (χ0v) is 6.70. The third kappa shape index (κ3) is 2.67. The molecule has 0 aliphatic heterocycles. The van der Waals surface area contributed by atoms with Gasteiger partial charge in [0.2, 0.25) is 17.7 Å². The zero-order chi connectivity index (χ0) is 8.97. The minimum Gasteiger partial charge on any atom is -0.424 e. The van der Waals surface area contributed by atoms with Crippen LogP contribution in [-0.2, 0) is 11.3 Å². The number of hydrogen-bond acceptors (Lipinski definition) is 5. The molecule has 0 bridgehead atoms. The Labute approximate surface area is 69.1 Å². The van der Waals surface area contributed by atoms with Crippen LogP contribution in [0, 0.1) is 6.92 Å². The van der Waals surface area contributed by atoms with Gasteiger partial charge in [0.25, 0.3) is 0 Å². The van der Waals surface area contributed by atoms with Crippen LogP contribution >= 0.6 is 0 Å². The molecule has 1 amide bonds. The van der Waals surface area contributed by atoms with Crippen LogP contribution < -0.4 is 11.1 Å². The topological polar surface area (TPSA) is 94.0 Å². The fourth-order valence-electron chi connectivity index (χ4n) is 0.702. The number of nitrogens with one attached hydrogen (secondary N) is 1. The van der Waals surface area contributed by atoms with E-state index in [0.717, 1.165) is 0 Å². The second kappa shape index (κ2) is 3.82. The number of nitrogens with two attached hydrogens (primary N) is 1. The molecule has 0 fully saturated rings. The molecule has 0 unspecified atom stereocenters. The Morgan fingerprint density at radius 3 is 2.92 bits per heavy atom. The Morgan fingerprint density at radius 1 is 1.67 bits per heavy atom.